The summed E-state index contributed by atoms with van der Waals surface area (Å²) in [6.45, 7) is 1.72. The zero-order valence-corrected chi connectivity index (χ0v) is 26.8. The van der Waals surface area contributed by atoms with Gasteiger partial charge in [-0.25, -0.2) is 8.42 Å². The first kappa shape index (κ1) is 30.2. The third-order valence-corrected chi connectivity index (χ3v) is 8.67. The van der Waals surface area contributed by atoms with E-state index in [2.05, 4.69) is 36.8 Å². The van der Waals surface area contributed by atoms with E-state index in [9.17, 15) is 13.2 Å². The van der Waals surface area contributed by atoms with Crippen molar-refractivity contribution in [2.24, 2.45) is 0 Å². The summed E-state index contributed by atoms with van der Waals surface area (Å²) in [5, 5.41) is 1.99. The molecule has 5 aromatic rings. The van der Waals surface area contributed by atoms with Gasteiger partial charge in [-0.3, -0.25) is 9.78 Å². The number of ketones is 1. The maximum absolute atomic E-state index is 12.4. The van der Waals surface area contributed by atoms with Crippen LogP contribution < -0.4 is 5.73 Å². The number of hydrogen-bond donors (Lipinski definition) is 1. The van der Waals surface area contributed by atoms with Crippen molar-refractivity contribution in [3.05, 3.63) is 121 Å². The highest BCUT2D eigenvalue weighted by Crippen LogP contribution is 2.37. The number of anilines is 1. The number of halogens is 4. The molecule has 0 aliphatic carbocycles. The van der Waals surface area contributed by atoms with Crippen LogP contribution in [0.3, 0.4) is 0 Å². The molecule has 1 heterocycles. The van der Waals surface area contributed by atoms with Crippen LogP contribution in [0.1, 0.15) is 21.6 Å². The number of pyridine rings is 1. The van der Waals surface area contributed by atoms with Crippen molar-refractivity contribution in [1.29, 1.82) is 0 Å². The predicted octanol–water partition coefficient (Wildman–Crippen LogP) is 8.95. The minimum atomic E-state index is -3.44. The molecule has 0 radical (unpaired) electrons. The number of carbonyl (C=O) groups is 1. The van der Waals surface area contributed by atoms with E-state index in [1.54, 1.807) is 61.5 Å². The number of fused-ring (bicyclic) bond motifs is 1. The van der Waals surface area contributed by atoms with Crippen molar-refractivity contribution in [1.82, 2.24) is 4.98 Å². The Hall–Kier alpha value is -2.75. The van der Waals surface area contributed by atoms with Gasteiger partial charge in [0, 0.05) is 53.0 Å². The lowest BCUT2D eigenvalue weighted by Crippen LogP contribution is -2.06. The Labute approximate surface area is 259 Å². The molecule has 5 nitrogen and oxygen atoms in total. The van der Waals surface area contributed by atoms with Crippen LogP contribution in [0.5, 0.6) is 0 Å². The minimum absolute atomic E-state index is 0.111. The predicted molar refractivity (Wildman–Crippen MR) is 171 cm³/mol. The van der Waals surface area contributed by atoms with Crippen LogP contribution in [0, 0.1) is 6.92 Å². The monoisotopic (exact) mass is 718 g/mol. The molecule has 4 aromatic carbocycles. The highest BCUT2D eigenvalue weighted by molar-refractivity contribution is 9.10. The molecule has 0 bridgehead atoms. The van der Waals surface area contributed by atoms with Crippen molar-refractivity contribution in [2.75, 3.05) is 12.0 Å². The molecule has 0 saturated carbocycles. The van der Waals surface area contributed by atoms with Crippen molar-refractivity contribution in [3.63, 3.8) is 0 Å². The van der Waals surface area contributed by atoms with Gasteiger partial charge in [-0.2, -0.15) is 0 Å². The Morgan fingerprint density at radius 3 is 1.98 bits per heavy atom. The molecule has 0 atom stereocenters. The summed E-state index contributed by atoms with van der Waals surface area (Å²) in [5.41, 5.74) is 10.0. The standard InChI is InChI=1S/C17H13BrClNO2S.C13H9BrClNO/c1-10-17(23(2,21)22)16(11-3-6-13(19)7-4-11)14-9-12(18)5-8-15(14)20-10;14-9-3-6-12(16)11(7-9)13(17)8-1-4-10(15)5-2-8/h3-9H,1-2H3;1-7H,16H2. The van der Waals surface area contributed by atoms with Crippen LogP contribution in [0.25, 0.3) is 22.0 Å². The maximum atomic E-state index is 12.4. The fraction of sp³-hybridized carbons (Fsp3) is 0.0667. The minimum Gasteiger partial charge on any atom is -0.398 e. The molecule has 5 rings (SSSR count). The molecule has 40 heavy (non-hydrogen) atoms. The lowest BCUT2D eigenvalue weighted by atomic mass is 10.00. The van der Waals surface area contributed by atoms with Crippen LogP contribution >= 0.6 is 55.1 Å². The molecule has 10 heteroatoms. The number of aryl methyl sites for hydroxylation is 1. The van der Waals surface area contributed by atoms with Crippen LogP contribution in [0.4, 0.5) is 5.69 Å². The first-order valence-corrected chi connectivity index (χ1v) is 16.0. The molecule has 204 valence electrons. The second-order valence-corrected chi connectivity index (χ2v) is 13.6. The van der Waals surface area contributed by atoms with E-state index in [0.717, 1.165) is 25.4 Å². The number of sulfone groups is 1. The number of hydrogen-bond acceptors (Lipinski definition) is 5. The van der Waals surface area contributed by atoms with Gasteiger partial charge in [0.1, 0.15) is 0 Å². The van der Waals surface area contributed by atoms with Crippen molar-refractivity contribution >= 4 is 87.3 Å². The number of nitrogens with two attached hydrogens (primary N) is 1. The Morgan fingerprint density at radius 2 is 1.38 bits per heavy atom. The van der Waals surface area contributed by atoms with E-state index in [-0.39, 0.29) is 10.7 Å². The van der Waals surface area contributed by atoms with Gasteiger partial charge in [-0.15, -0.1) is 0 Å². The molecule has 0 amide bonds. The van der Waals surface area contributed by atoms with Gasteiger partial charge in [0.25, 0.3) is 0 Å². The van der Waals surface area contributed by atoms with Gasteiger partial charge >= 0.3 is 0 Å². The molecule has 0 aliphatic heterocycles. The zero-order valence-electron chi connectivity index (χ0n) is 21.3. The Balaban J connectivity index is 0.000000194. The first-order chi connectivity index (χ1) is 18.8. The van der Waals surface area contributed by atoms with Crippen LogP contribution in [0.2, 0.25) is 10.0 Å². The molecule has 0 unspecified atom stereocenters. The smallest absolute Gasteiger partial charge is 0.195 e. The van der Waals surface area contributed by atoms with Gasteiger partial charge in [0.05, 0.1) is 16.1 Å². The van der Waals surface area contributed by atoms with E-state index in [0.29, 0.717) is 38.1 Å². The highest BCUT2D eigenvalue weighted by atomic mass is 79.9. The topological polar surface area (TPSA) is 90.1 Å². The van der Waals surface area contributed by atoms with Crippen LogP contribution in [-0.2, 0) is 9.84 Å². The van der Waals surface area contributed by atoms with Gasteiger partial charge in [-0.05, 0) is 85.3 Å². The third-order valence-electron chi connectivity index (χ3n) is 5.94. The lowest BCUT2D eigenvalue weighted by Gasteiger charge is -2.15. The summed E-state index contributed by atoms with van der Waals surface area (Å²) in [4.78, 5) is 16.9. The molecular formula is C30H22Br2Cl2N2O3S. The molecule has 1 aromatic heterocycles. The van der Waals surface area contributed by atoms with Gasteiger partial charge < -0.3 is 5.73 Å². The van der Waals surface area contributed by atoms with Gasteiger partial charge in [0.2, 0.25) is 0 Å². The molecule has 0 spiro atoms. The SMILES string of the molecule is Cc1nc2ccc(Br)cc2c(-c2ccc(Cl)cc2)c1S(C)(=O)=O.Nc1ccc(Br)cc1C(=O)c1ccc(Cl)cc1. The number of rotatable bonds is 4. The summed E-state index contributed by atoms with van der Waals surface area (Å²) in [6.07, 6.45) is 1.21. The normalized spacial score (nSPS) is 11.2. The zero-order chi connectivity index (χ0) is 29.2. The van der Waals surface area contributed by atoms with Crippen molar-refractivity contribution in [3.8, 4) is 11.1 Å². The summed E-state index contributed by atoms with van der Waals surface area (Å²) in [6, 6.07) is 24.8. The molecule has 0 aliphatic rings. The van der Waals surface area contributed by atoms with Crippen LogP contribution in [-0.4, -0.2) is 25.4 Å². The Kier molecular flexibility index (Phi) is 9.37. The maximum Gasteiger partial charge on any atom is 0.195 e. The molecular weight excluding hydrogens is 699 g/mol. The summed E-state index contributed by atoms with van der Waals surface area (Å²) in [7, 11) is -3.44. The molecule has 2 N–H and O–H groups in total. The number of nitrogens with zero attached hydrogens (tertiary/aromatic N) is 1. The van der Waals surface area contributed by atoms with E-state index in [1.165, 1.54) is 6.26 Å². The lowest BCUT2D eigenvalue weighted by molar-refractivity contribution is 0.103. The van der Waals surface area contributed by atoms with Crippen molar-refractivity contribution in [2.45, 2.75) is 11.8 Å². The van der Waals surface area contributed by atoms with E-state index in [1.807, 2.05) is 30.3 Å². The second kappa shape index (κ2) is 12.4. The summed E-state index contributed by atoms with van der Waals surface area (Å²) in [5.74, 6) is -0.111. The molecule has 0 fully saturated rings. The average molecular weight is 721 g/mol. The Bertz CT molecular complexity index is 1840. The Morgan fingerprint density at radius 1 is 0.825 bits per heavy atom. The molecule has 0 saturated heterocycles. The number of nitrogen functional groups attached to an aromatic ring is 1. The number of aromatic nitrogens is 1. The van der Waals surface area contributed by atoms with Gasteiger partial charge in [-0.1, -0.05) is 67.2 Å². The van der Waals surface area contributed by atoms with Crippen LogP contribution in [0.15, 0.2) is 98.8 Å². The fourth-order valence-electron chi connectivity index (χ4n) is 4.18. The van der Waals surface area contributed by atoms with E-state index < -0.39 is 9.84 Å². The summed E-state index contributed by atoms with van der Waals surface area (Å²) < 4.78 is 26.4. The second-order valence-electron chi connectivity index (χ2n) is 8.91. The number of carbonyl (C=O) groups excluding carboxylic acids is 1. The largest absolute Gasteiger partial charge is 0.398 e. The van der Waals surface area contributed by atoms with E-state index in [4.69, 9.17) is 28.9 Å². The van der Waals surface area contributed by atoms with E-state index >= 15 is 0 Å². The fourth-order valence-corrected chi connectivity index (χ4v) is 6.33. The number of benzene rings is 4. The third kappa shape index (κ3) is 6.93. The summed E-state index contributed by atoms with van der Waals surface area (Å²) >= 11 is 18.5. The quantitative estimate of drug-likeness (QED) is 0.148. The van der Waals surface area contributed by atoms with Gasteiger partial charge in [0.15, 0.2) is 15.6 Å². The highest BCUT2D eigenvalue weighted by Gasteiger charge is 2.22. The first-order valence-electron chi connectivity index (χ1n) is 11.8. The van der Waals surface area contributed by atoms with Crippen molar-refractivity contribution < 1.29 is 13.2 Å². The average Bonchev–Trinajstić information content (AvgIpc) is 2.90.